The standard InChI is InChI=1S/C13H19ClN2S/c1-8-5-4-6-11(7-8)17-13-12(14)15-9(2)10(3)16-13/h8,11H,4-7H2,1-3H3. The maximum absolute atomic E-state index is 6.16. The van der Waals surface area contributed by atoms with Gasteiger partial charge in [-0.15, -0.1) is 0 Å². The Balaban J connectivity index is 2.10. The van der Waals surface area contributed by atoms with Crippen molar-refractivity contribution in [3.63, 3.8) is 0 Å². The van der Waals surface area contributed by atoms with Crippen LogP contribution in [-0.4, -0.2) is 15.2 Å². The molecule has 1 heterocycles. The molecule has 94 valence electrons. The first-order chi connectivity index (χ1) is 8.06. The van der Waals surface area contributed by atoms with E-state index in [-0.39, 0.29) is 0 Å². The molecule has 0 spiro atoms. The third-order valence-corrected chi connectivity index (χ3v) is 5.05. The van der Waals surface area contributed by atoms with Crippen LogP contribution in [0.25, 0.3) is 0 Å². The molecule has 1 saturated carbocycles. The summed E-state index contributed by atoms with van der Waals surface area (Å²) in [6.07, 6.45) is 5.24. The summed E-state index contributed by atoms with van der Waals surface area (Å²) in [6.45, 7) is 6.28. The van der Waals surface area contributed by atoms with E-state index in [1.165, 1.54) is 25.7 Å². The Morgan fingerprint density at radius 2 is 1.88 bits per heavy atom. The minimum Gasteiger partial charge on any atom is -0.242 e. The first-order valence-corrected chi connectivity index (χ1v) is 7.49. The number of aromatic nitrogens is 2. The predicted octanol–water partition coefficient (Wildman–Crippen LogP) is 4.42. The third kappa shape index (κ3) is 3.35. The van der Waals surface area contributed by atoms with Crippen molar-refractivity contribution in [2.75, 3.05) is 0 Å². The van der Waals surface area contributed by atoms with Gasteiger partial charge in [0.1, 0.15) is 5.03 Å². The first-order valence-electron chi connectivity index (χ1n) is 6.23. The van der Waals surface area contributed by atoms with Crippen LogP contribution in [0.1, 0.15) is 44.0 Å². The average Bonchev–Trinajstić information content (AvgIpc) is 2.26. The molecule has 0 aromatic carbocycles. The molecule has 0 bridgehead atoms. The zero-order valence-corrected chi connectivity index (χ0v) is 12.2. The van der Waals surface area contributed by atoms with E-state index in [1.807, 2.05) is 25.6 Å². The van der Waals surface area contributed by atoms with Crippen LogP contribution in [-0.2, 0) is 0 Å². The highest BCUT2D eigenvalue weighted by Crippen LogP contribution is 2.37. The highest BCUT2D eigenvalue weighted by atomic mass is 35.5. The molecular formula is C13H19ClN2S. The second kappa shape index (κ2) is 5.57. The fourth-order valence-corrected chi connectivity index (χ4v) is 3.93. The molecule has 1 aromatic heterocycles. The van der Waals surface area contributed by atoms with E-state index in [0.29, 0.717) is 10.4 Å². The molecule has 1 aliphatic rings. The zero-order chi connectivity index (χ0) is 12.4. The minimum absolute atomic E-state index is 0.566. The van der Waals surface area contributed by atoms with E-state index in [4.69, 9.17) is 11.6 Å². The molecule has 0 radical (unpaired) electrons. The lowest BCUT2D eigenvalue weighted by molar-refractivity contribution is 0.394. The Hall–Kier alpha value is -0.280. The summed E-state index contributed by atoms with van der Waals surface area (Å²) in [5, 5.41) is 2.14. The first kappa shape index (κ1) is 13.2. The van der Waals surface area contributed by atoms with E-state index in [2.05, 4.69) is 16.9 Å². The minimum atomic E-state index is 0.566. The summed E-state index contributed by atoms with van der Waals surface area (Å²) >= 11 is 7.97. The van der Waals surface area contributed by atoms with Crippen LogP contribution in [0.4, 0.5) is 0 Å². The average molecular weight is 271 g/mol. The van der Waals surface area contributed by atoms with E-state index in [9.17, 15) is 0 Å². The molecule has 1 fully saturated rings. The highest BCUT2D eigenvalue weighted by Gasteiger charge is 2.21. The topological polar surface area (TPSA) is 25.8 Å². The van der Waals surface area contributed by atoms with Crippen LogP contribution >= 0.6 is 23.4 Å². The van der Waals surface area contributed by atoms with Gasteiger partial charge in [0, 0.05) is 5.25 Å². The van der Waals surface area contributed by atoms with Crippen molar-refractivity contribution < 1.29 is 0 Å². The van der Waals surface area contributed by atoms with Crippen molar-refractivity contribution in [3.05, 3.63) is 16.5 Å². The maximum Gasteiger partial charge on any atom is 0.161 e. The summed E-state index contributed by atoms with van der Waals surface area (Å²) in [4.78, 5) is 8.90. The van der Waals surface area contributed by atoms with Gasteiger partial charge in [0.15, 0.2) is 5.15 Å². The van der Waals surface area contributed by atoms with Gasteiger partial charge in [-0.25, -0.2) is 9.97 Å². The monoisotopic (exact) mass is 270 g/mol. The quantitative estimate of drug-likeness (QED) is 0.796. The van der Waals surface area contributed by atoms with Crippen LogP contribution in [0.3, 0.4) is 0 Å². The Morgan fingerprint density at radius 3 is 2.59 bits per heavy atom. The number of rotatable bonds is 2. The molecule has 1 aliphatic carbocycles. The number of halogens is 1. The van der Waals surface area contributed by atoms with Gasteiger partial charge >= 0.3 is 0 Å². The van der Waals surface area contributed by atoms with Crippen molar-refractivity contribution in [3.8, 4) is 0 Å². The third-order valence-electron chi connectivity index (χ3n) is 3.40. The SMILES string of the molecule is Cc1nc(Cl)c(SC2CCCC(C)C2)nc1C. The predicted molar refractivity (Wildman–Crippen MR) is 73.8 cm³/mol. The largest absolute Gasteiger partial charge is 0.242 e. The molecule has 0 amide bonds. The van der Waals surface area contributed by atoms with Gasteiger partial charge in [0.25, 0.3) is 0 Å². The lowest BCUT2D eigenvalue weighted by Crippen LogP contribution is -2.15. The van der Waals surface area contributed by atoms with E-state index in [1.54, 1.807) is 0 Å². The smallest absolute Gasteiger partial charge is 0.161 e. The van der Waals surface area contributed by atoms with Crippen LogP contribution in [0.5, 0.6) is 0 Å². The lowest BCUT2D eigenvalue weighted by atomic mass is 9.91. The van der Waals surface area contributed by atoms with Crippen LogP contribution in [0.15, 0.2) is 5.03 Å². The Morgan fingerprint density at radius 1 is 1.18 bits per heavy atom. The summed E-state index contributed by atoms with van der Waals surface area (Å²) in [5.74, 6) is 0.833. The number of hydrogen-bond acceptors (Lipinski definition) is 3. The van der Waals surface area contributed by atoms with Crippen molar-refractivity contribution in [2.24, 2.45) is 5.92 Å². The van der Waals surface area contributed by atoms with Crippen LogP contribution < -0.4 is 0 Å². The normalized spacial score (nSPS) is 24.9. The van der Waals surface area contributed by atoms with Crippen LogP contribution in [0, 0.1) is 19.8 Å². The van der Waals surface area contributed by atoms with E-state index in [0.717, 1.165) is 22.3 Å². The fraction of sp³-hybridized carbons (Fsp3) is 0.692. The molecule has 2 atom stereocenters. The summed E-state index contributed by atoms with van der Waals surface area (Å²) < 4.78 is 0. The van der Waals surface area contributed by atoms with Gasteiger partial charge < -0.3 is 0 Å². The molecule has 0 N–H and O–H groups in total. The molecule has 0 aliphatic heterocycles. The molecule has 4 heteroatoms. The number of hydrogen-bond donors (Lipinski definition) is 0. The van der Waals surface area contributed by atoms with E-state index < -0.39 is 0 Å². The highest BCUT2D eigenvalue weighted by molar-refractivity contribution is 8.00. The van der Waals surface area contributed by atoms with Crippen molar-refractivity contribution in [1.29, 1.82) is 0 Å². The van der Waals surface area contributed by atoms with Crippen molar-refractivity contribution in [1.82, 2.24) is 9.97 Å². The zero-order valence-electron chi connectivity index (χ0n) is 10.7. The van der Waals surface area contributed by atoms with Gasteiger partial charge in [-0.05, 0) is 32.6 Å². The molecule has 2 nitrogen and oxygen atoms in total. The van der Waals surface area contributed by atoms with Gasteiger partial charge in [-0.1, -0.05) is 43.1 Å². The van der Waals surface area contributed by atoms with Crippen molar-refractivity contribution >= 4 is 23.4 Å². The Bertz CT molecular complexity index is 409. The Kier molecular flexibility index (Phi) is 4.31. The Labute approximate surface area is 113 Å². The van der Waals surface area contributed by atoms with Gasteiger partial charge in [-0.2, -0.15) is 0 Å². The number of nitrogens with zero attached hydrogens (tertiary/aromatic N) is 2. The molecule has 17 heavy (non-hydrogen) atoms. The van der Waals surface area contributed by atoms with Crippen molar-refractivity contribution in [2.45, 2.75) is 56.7 Å². The second-order valence-corrected chi connectivity index (χ2v) is 6.65. The molecule has 1 aromatic rings. The van der Waals surface area contributed by atoms with E-state index >= 15 is 0 Å². The fourth-order valence-electron chi connectivity index (χ4n) is 2.27. The number of thioether (sulfide) groups is 1. The molecule has 0 saturated heterocycles. The summed E-state index contributed by atoms with van der Waals surface area (Å²) in [6, 6.07) is 0. The molecular weight excluding hydrogens is 252 g/mol. The van der Waals surface area contributed by atoms with Gasteiger partial charge in [0.05, 0.1) is 11.4 Å². The summed E-state index contributed by atoms with van der Waals surface area (Å²) in [5.41, 5.74) is 1.91. The second-order valence-electron chi connectivity index (χ2n) is 5.00. The molecule has 2 rings (SSSR count). The summed E-state index contributed by atoms with van der Waals surface area (Å²) in [7, 11) is 0. The maximum atomic E-state index is 6.16. The number of aryl methyl sites for hydroxylation is 2. The lowest BCUT2D eigenvalue weighted by Gasteiger charge is -2.26. The van der Waals surface area contributed by atoms with Gasteiger partial charge in [0.2, 0.25) is 0 Å². The molecule has 2 unspecified atom stereocenters. The van der Waals surface area contributed by atoms with Gasteiger partial charge in [-0.3, -0.25) is 0 Å². The van der Waals surface area contributed by atoms with Crippen LogP contribution in [0.2, 0.25) is 5.15 Å².